The van der Waals surface area contributed by atoms with E-state index in [9.17, 15) is 9.59 Å². The molecule has 4 rings (SSSR count). The molecule has 0 unspecified atom stereocenters. The smallest absolute Gasteiger partial charge is 0.282 e. The van der Waals surface area contributed by atoms with Gasteiger partial charge >= 0.3 is 0 Å². The van der Waals surface area contributed by atoms with Crippen LogP contribution in [0.25, 0.3) is 5.57 Å². The van der Waals surface area contributed by atoms with Gasteiger partial charge in [0.25, 0.3) is 11.8 Å². The van der Waals surface area contributed by atoms with Crippen LogP contribution < -0.4 is 9.64 Å². The minimum atomic E-state index is -0.264. The number of unbranched alkanes of at least 4 members (excludes halogenated alkanes) is 1. The van der Waals surface area contributed by atoms with E-state index in [2.05, 4.69) is 23.6 Å². The number of nitrogens with zero attached hydrogens (tertiary/aromatic N) is 3. The third-order valence-corrected chi connectivity index (χ3v) is 6.59. The van der Waals surface area contributed by atoms with Crippen molar-refractivity contribution in [2.45, 2.75) is 33.1 Å². The minimum Gasteiger partial charge on any atom is -0.497 e. The zero-order chi connectivity index (χ0) is 23.4. The molecule has 6 nitrogen and oxygen atoms in total. The Morgan fingerprint density at radius 2 is 1.52 bits per heavy atom. The molecule has 2 aliphatic rings. The summed E-state index contributed by atoms with van der Waals surface area (Å²) in [5.74, 6) is 0.213. The summed E-state index contributed by atoms with van der Waals surface area (Å²) in [5.41, 5.74) is 3.57. The summed E-state index contributed by atoms with van der Waals surface area (Å²) in [6.07, 6.45) is 3.26. The molecule has 1 fully saturated rings. The number of anilines is 1. The van der Waals surface area contributed by atoms with Crippen LogP contribution in [-0.2, 0) is 16.0 Å². The summed E-state index contributed by atoms with van der Waals surface area (Å²) in [6, 6.07) is 15.2. The van der Waals surface area contributed by atoms with Gasteiger partial charge in [0.1, 0.15) is 11.4 Å². The maximum atomic E-state index is 13.7. The van der Waals surface area contributed by atoms with E-state index in [-0.39, 0.29) is 11.8 Å². The number of hydrogen-bond donors (Lipinski definition) is 0. The number of hydrogen-bond acceptors (Lipinski definition) is 5. The topological polar surface area (TPSA) is 53.1 Å². The number of rotatable bonds is 8. The largest absolute Gasteiger partial charge is 0.497 e. The summed E-state index contributed by atoms with van der Waals surface area (Å²) in [6.45, 7) is 8.52. The highest BCUT2D eigenvalue weighted by Gasteiger charge is 2.43. The van der Waals surface area contributed by atoms with Gasteiger partial charge < -0.3 is 14.5 Å². The molecular weight excluding hydrogens is 414 g/mol. The number of carbonyl (C=O) groups excluding carboxylic acids is 2. The lowest BCUT2D eigenvalue weighted by Crippen LogP contribution is -2.47. The van der Waals surface area contributed by atoms with Gasteiger partial charge in [-0.15, -0.1) is 0 Å². The second-order valence-corrected chi connectivity index (χ2v) is 8.59. The number of benzene rings is 2. The summed E-state index contributed by atoms with van der Waals surface area (Å²) in [5, 5.41) is 0. The molecule has 2 aromatic carbocycles. The van der Waals surface area contributed by atoms with Crippen LogP contribution in [0, 0.1) is 0 Å². The van der Waals surface area contributed by atoms with Crippen molar-refractivity contribution in [1.29, 1.82) is 0 Å². The summed E-state index contributed by atoms with van der Waals surface area (Å²) >= 11 is 0. The maximum Gasteiger partial charge on any atom is 0.282 e. The van der Waals surface area contributed by atoms with Crippen LogP contribution in [-0.4, -0.2) is 61.4 Å². The van der Waals surface area contributed by atoms with Crippen LogP contribution in [0.1, 0.15) is 37.8 Å². The molecule has 2 aliphatic heterocycles. The van der Waals surface area contributed by atoms with E-state index in [0.717, 1.165) is 57.5 Å². The van der Waals surface area contributed by atoms with E-state index >= 15 is 0 Å². The maximum absolute atomic E-state index is 13.7. The first-order valence-corrected chi connectivity index (χ1v) is 11.9. The van der Waals surface area contributed by atoms with Gasteiger partial charge in [-0.25, -0.2) is 4.90 Å². The molecule has 0 aliphatic carbocycles. The van der Waals surface area contributed by atoms with Crippen LogP contribution >= 0.6 is 0 Å². The Kier molecular flexibility index (Phi) is 7.14. The molecule has 174 valence electrons. The second-order valence-electron chi connectivity index (χ2n) is 8.59. The quantitative estimate of drug-likeness (QED) is 0.574. The molecule has 0 aromatic heterocycles. The lowest BCUT2D eigenvalue weighted by molar-refractivity contribution is -0.120. The summed E-state index contributed by atoms with van der Waals surface area (Å²) < 4.78 is 5.28. The molecule has 1 saturated heterocycles. The lowest BCUT2D eigenvalue weighted by Gasteiger charge is -2.36. The van der Waals surface area contributed by atoms with Crippen molar-refractivity contribution in [3.05, 3.63) is 65.4 Å². The standard InChI is InChI=1S/C27H33N3O3/c1-4-6-7-20-8-12-22(13-9-20)30-26(31)24(21-10-14-23(33-3)15-11-21)25(27(30)32)29-18-16-28(5-2)17-19-29/h8-15H,4-7,16-19H2,1-3H3. The predicted molar refractivity (Wildman–Crippen MR) is 131 cm³/mol. The van der Waals surface area contributed by atoms with Gasteiger partial charge in [0.05, 0.1) is 18.4 Å². The van der Waals surface area contributed by atoms with Crippen LogP contribution in [0.2, 0.25) is 0 Å². The molecule has 0 saturated carbocycles. The number of piperazine rings is 1. The van der Waals surface area contributed by atoms with Crippen LogP contribution in [0.3, 0.4) is 0 Å². The highest BCUT2D eigenvalue weighted by atomic mass is 16.5. The summed E-state index contributed by atoms with van der Waals surface area (Å²) in [7, 11) is 1.61. The van der Waals surface area contributed by atoms with Gasteiger partial charge in [-0.1, -0.05) is 44.5 Å². The Morgan fingerprint density at radius 1 is 0.848 bits per heavy atom. The summed E-state index contributed by atoms with van der Waals surface area (Å²) in [4.78, 5) is 33.2. The van der Waals surface area contributed by atoms with E-state index in [4.69, 9.17) is 4.74 Å². The van der Waals surface area contributed by atoms with Gasteiger partial charge in [0.2, 0.25) is 0 Å². The Balaban J connectivity index is 1.69. The van der Waals surface area contributed by atoms with E-state index in [0.29, 0.717) is 22.7 Å². The fourth-order valence-corrected chi connectivity index (χ4v) is 4.54. The third-order valence-electron chi connectivity index (χ3n) is 6.59. The molecule has 33 heavy (non-hydrogen) atoms. The van der Waals surface area contributed by atoms with E-state index in [1.165, 1.54) is 10.5 Å². The van der Waals surface area contributed by atoms with Crippen molar-refractivity contribution in [3.8, 4) is 5.75 Å². The lowest BCUT2D eigenvalue weighted by atomic mass is 10.0. The first-order valence-electron chi connectivity index (χ1n) is 11.9. The van der Waals surface area contributed by atoms with Crippen molar-refractivity contribution >= 4 is 23.1 Å². The molecule has 0 bridgehead atoms. The fourth-order valence-electron chi connectivity index (χ4n) is 4.54. The molecule has 2 heterocycles. The number of aryl methyl sites for hydroxylation is 1. The van der Waals surface area contributed by atoms with Crippen molar-refractivity contribution in [2.24, 2.45) is 0 Å². The minimum absolute atomic E-state index is 0.239. The molecule has 0 atom stereocenters. The Hall–Kier alpha value is -3.12. The molecular formula is C27H33N3O3. The average Bonchev–Trinajstić information content (AvgIpc) is 3.13. The van der Waals surface area contributed by atoms with E-state index in [1.807, 2.05) is 48.5 Å². The van der Waals surface area contributed by atoms with Crippen molar-refractivity contribution in [3.63, 3.8) is 0 Å². The van der Waals surface area contributed by atoms with E-state index < -0.39 is 0 Å². The molecule has 0 radical (unpaired) electrons. The highest BCUT2D eigenvalue weighted by molar-refractivity contribution is 6.45. The van der Waals surface area contributed by atoms with Gasteiger partial charge in [0.15, 0.2) is 0 Å². The zero-order valence-corrected chi connectivity index (χ0v) is 19.8. The van der Waals surface area contributed by atoms with Gasteiger partial charge in [0, 0.05) is 26.2 Å². The van der Waals surface area contributed by atoms with Crippen LogP contribution in [0.15, 0.2) is 54.2 Å². The highest BCUT2D eigenvalue weighted by Crippen LogP contribution is 2.36. The van der Waals surface area contributed by atoms with Gasteiger partial charge in [-0.05, 0) is 54.8 Å². The number of likely N-dealkylation sites (N-methyl/N-ethyl adjacent to an activating group) is 1. The Morgan fingerprint density at radius 3 is 2.09 bits per heavy atom. The van der Waals surface area contributed by atoms with Crippen molar-refractivity contribution in [2.75, 3.05) is 44.7 Å². The van der Waals surface area contributed by atoms with Gasteiger partial charge in [-0.3, -0.25) is 9.59 Å². The normalized spacial score (nSPS) is 17.3. The van der Waals surface area contributed by atoms with Crippen LogP contribution in [0.5, 0.6) is 5.75 Å². The molecule has 2 aromatic rings. The molecule has 0 N–H and O–H groups in total. The molecule has 2 amide bonds. The third kappa shape index (κ3) is 4.67. The number of imide groups is 1. The number of methoxy groups -OCH3 is 1. The Labute approximate surface area is 196 Å². The number of carbonyl (C=O) groups is 2. The van der Waals surface area contributed by atoms with Crippen molar-refractivity contribution < 1.29 is 14.3 Å². The van der Waals surface area contributed by atoms with Crippen molar-refractivity contribution in [1.82, 2.24) is 9.80 Å². The monoisotopic (exact) mass is 447 g/mol. The SMILES string of the molecule is CCCCc1ccc(N2C(=O)C(c3ccc(OC)cc3)=C(N3CCN(CC)CC3)C2=O)cc1. The first kappa shape index (κ1) is 23.1. The fraction of sp³-hybridized carbons (Fsp3) is 0.407. The van der Waals surface area contributed by atoms with E-state index in [1.54, 1.807) is 7.11 Å². The Bertz CT molecular complexity index is 1020. The first-order chi connectivity index (χ1) is 16.1. The molecule has 6 heteroatoms. The number of amides is 2. The van der Waals surface area contributed by atoms with Gasteiger partial charge in [-0.2, -0.15) is 0 Å². The second kappa shape index (κ2) is 10.2. The van der Waals surface area contributed by atoms with Crippen LogP contribution in [0.4, 0.5) is 5.69 Å². The molecule has 0 spiro atoms. The predicted octanol–water partition coefficient (Wildman–Crippen LogP) is 3.96. The number of ether oxygens (including phenoxy) is 1. The average molecular weight is 448 g/mol. The zero-order valence-electron chi connectivity index (χ0n) is 19.8.